The summed E-state index contributed by atoms with van der Waals surface area (Å²) in [5.74, 6) is -0.113. The maximum atomic E-state index is 13.2. The van der Waals surface area contributed by atoms with Crippen LogP contribution in [0.3, 0.4) is 0 Å². The van der Waals surface area contributed by atoms with Gasteiger partial charge in [0.05, 0.1) is 19.1 Å². The number of methoxy groups -OCH3 is 1. The first kappa shape index (κ1) is 22.1. The van der Waals surface area contributed by atoms with E-state index in [1.807, 2.05) is 20.8 Å². The molecule has 0 aliphatic rings. The van der Waals surface area contributed by atoms with E-state index in [-0.39, 0.29) is 11.2 Å². The van der Waals surface area contributed by atoms with Crippen LogP contribution in [0.1, 0.15) is 37.5 Å². The Hall–Kier alpha value is -2.15. The molecule has 0 radical (unpaired) electrons. The van der Waals surface area contributed by atoms with Crippen molar-refractivity contribution in [1.82, 2.24) is 0 Å². The van der Waals surface area contributed by atoms with E-state index >= 15 is 0 Å². The summed E-state index contributed by atoms with van der Waals surface area (Å²) in [7, 11) is 1.48. The van der Waals surface area contributed by atoms with E-state index in [4.69, 9.17) is 9.84 Å². The molecule has 0 fully saturated rings. The zero-order chi connectivity index (χ0) is 21.1. The lowest BCUT2D eigenvalue weighted by Crippen LogP contribution is -2.09. The summed E-state index contributed by atoms with van der Waals surface area (Å²) in [5.41, 5.74) is 1.56. The summed E-state index contributed by atoms with van der Waals surface area (Å²) in [6.07, 6.45) is -4.61. The Bertz CT molecular complexity index is 855. The van der Waals surface area contributed by atoms with Gasteiger partial charge in [0.25, 0.3) is 0 Å². The lowest BCUT2D eigenvalue weighted by molar-refractivity contribution is -0.138. The second-order valence-corrected chi connectivity index (χ2v) is 9.18. The number of hydrogen-bond acceptors (Lipinski definition) is 3. The highest BCUT2D eigenvalue weighted by Gasteiger charge is 2.31. The lowest BCUT2D eigenvalue weighted by Gasteiger charge is -2.21. The largest absolute Gasteiger partial charge is 0.496 e. The monoisotopic (exact) mass is 412 g/mol. The Morgan fingerprint density at radius 3 is 2.29 bits per heavy atom. The Labute approximate surface area is 166 Å². The number of thioether (sulfide) groups is 1. The number of carbonyl (C=O) groups is 1. The fraction of sp³-hybridized carbons (Fsp3) is 0.381. The molecule has 0 heterocycles. The van der Waals surface area contributed by atoms with Gasteiger partial charge in [-0.15, -0.1) is 0 Å². The Morgan fingerprint density at radius 1 is 1.07 bits per heavy atom. The number of carboxylic acids is 1. The van der Waals surface area contributed by atoms with E-state index < -0.39 is 17.7 Å². The van der Waals surface area contributed by atoms with E-state index in [0.717, 1.165) is 12.1 Å². The molecule has 0 amide bonds. The van der Waals surface area contributed by atoms with Gasteiger partial charge in [0, 0.05) is 16.1 Å². The quantitative estimate of drug-likeness (QED) is 0.628. The first-order valence-electron chi connectivity index (χ1n) is 8.64. The summed E-state index contributed by atoms with van der Waals surface area (Å²) in [5, 5.41) is 9.05. The Balaban J connectivity index is 2.60. The standard InChI is InChI=1S/C21H23F3O3S/c1-20(2,3)28-12-14-11-15(21(22,23)24)6-7-16(14)17-9-13(10-19(25)26)5-8-18(17)27-4/h5-9,11H,10,12H2,1-4H3,(H,25,26). The van der Waals surface area contributed by atoms with Gasteiger partial charge in [0.2, 0.25) is 0 Å². The van der Waals surface area contributed by atoms with Crippen molar-refractivity contribution >= 4 is 17.7 Å². The van der Waals surface area contributed by atoms with Crippen molar-refractivity contribution in [2.24, 2.45) is 0 Å². The van der Waals surface area contributed by atoms with Crippen LogP contribution in [0, 0.1) is 0 Å². The topological polar surface area (TPSA) is 46.5 Å². The van der Waals surface area contributed by atoms with Crippen molar-refractivity contribution < 1.29 is 27.8 Å². The molecule has 28 heavy (non-hydrogen) atoms. The van der Waals surface area contributed by atoms with Gasteiger partial charge in [-0.1, -0.05) is 32.9 Å². The SMILES string of the molecule is COc1ccc(CC(=O)O)cc1-c1ccc(C(F)(F)F)cc1CSC(C)(C)C. The van der Waals surface area contributed by atoms with E-state index in [0.29, 0.717) is 33.8 Å². The molecule has 0 unspecified atom stereocenters. The van der Waals surface area contributed by atoms with Gasteiger partial charge in [-0.25, -0.2) is 0 Å². The second-order valence-electron chi connectivity index (χ2n) is 7.38. The minimum Gasteiger partial charge on any atom is -0.496 e. The van der Waals surface area contributed by atoms with E-state index in [1.54, 1.807) is 30.0 Å². The number of hydrogen-bond donors (Lipinski definition) is 1. The molecule has 2 aromatic carbocycles. The molecule has 0 aromatic heterocycles. The molecule has 0 bridgehead atoms. The fourth-order valence-corrected chi connectivity index (χ4v) is 3.52. The molecule has 0 saturated heterocycles. The van der Waals surface area contributed by atoms with E-state index in [1.165, 1.54) is 13.2 Å². The van der Waals surface area contributed by atoms with Crippen LogP contribution in [0.15, 0.2) is 36.4 Å². The fourth-order valence-electron chi connectivity index (χ4n) is 2.70. The van der Waals surface area contributed by atoms with E-state index in [9.17, 15) is 18.0 Å². The highest BCUT2D eigenvalue weighted by atomic mass is 32.2. The number of rotatable bonds is 6. The van der Waals surface area contributed by atoms with Gasteiger partial charge in [0.1, 0.15) is 5.75 Å². The van der Waals surface area contributed by atoms with Crippen molar-refractivity contribution in [2.75, 3.05) is 7.11 Å². The van der Waals surface area contributed by atoms with Crippen LogP contribution in [0.25, 0.3) is 11.1 Å². The smallest absolute Gasteiger partial charge is 0.416 e. The van der Waals surface area contributed by atoms with Crippen LogP contribution in [0.4, 0.5) is 13.2 Å². The molecule has 1 N–H and O–H groups in total. The molecule has 152 valence electrons. The molecule has 0 saturated carbocycles. The molecule has 2 aromatic rings. The van der Waals surface area contributed by atoms with Crippen LogP contribution in [0.2, 0.25) is 0 Å². The van der Waals surface area contributed by atoms with Crippen molar-refractivity contribution in [1.29, 1.82) is 0 Å². The zero-order valence-corrected chi connectivity index (χ0v) is 17.0. The molecular weight excluding hydrogens is 389 g/mol. The van der Waals surface area contributed by atoms with Crippen molar-refractivity contribution in [2.45, 2.75) is 43.9 Å². The first-order valence-corrected chi connectivity index (χ1v) is 9.62. The number of aliphatic carboxylic acids is 1. The van der Waals surface area contributed by atoms with Crippen molar-refractivity contribution in [3.63, 3.8) is 0 Å². The molecule has 0 aliphatic carbocycles. The summed E-state index contributed by atoms with van der Waals surface area (Å²) in [6, 6.07) is 8.60. The Kier molecular flexibility index (Phi) is 6.70. The third-order valence-electron chi connectivity index (χ3n) is 4.00. The summed E-state index contributed by atoms with van der Waals surface area (Å²) in [6.45, 7) is 6.00. The molecular formula is C21H23F3O3S. The third-order valence-corrected chi connectivity index (χ3v) is 5.32. The van der Waals surface area contributed by atoms with Crippen LogP contribution in [-0.2, 0) is 23.1 Å². The molecule has 0 aliphatic heterocycles. The van der Waals surface area contributed by atoms with Crippen LogP contribution in [0.5, 0.6) is 5.75 Å². The average Bonchev–Trinajstić information content (AvgIpc) is 2.57. The highest BCUT2D eigenvalue weighted by molar-refractivity contribution is 7.99. The van der Waals surface area contributed by atoms with E-state index in [2.05, 4.69) is 0 Å². The van der Waals surface area contributed by atoms with Crippen LogP contribution < -0.4 is 4.74 Å². The minimum absolute atomic E-state index is 0.124. The summed E-state index contributed by atoms with van der Waals surface area (Å²) < 4.78 is 45.0. The first-order chi connectivity index (χ1) is 12.9. The number of halogens is 3. The molecule has 2 rings (SSSR count). The lowest BCUT2D eigenvalue weighted by atomic mass is 9.95. The number of carboxylic acid groups (broad SMARTS) is 1. The van der Waals surface area contributed by atoms with Crippen molar-refractivity contribution in [3.05, 3.63) is 53.1 Å². The molecule has 7 heteroatoms. The van der Waals surface area contributed by atoms with Crippen molar-refractivity contribution in [3.8, 4) is 16.9 Å². The maximum absolute atomic E-state index is 13.2. The summed E-state index contributed by atoms with van der Waals surface area (Å²) >= 11 is 1.54. The predicted octanol–water partition coefficient (Wildman–Crippen LogP) is 6.04. The Morgan fingerprint density at radius 2 is 1.75 bits per heavy atom. The minimum atomic E-state index is -4.44. The van der Waals surface area contributed by atoms with Crippen LogP contribution >= 0.6 is 11.8 Å². The van der Waals surface area contributed by atoms with Gasteiger partial charge in [0.15, 0.2) is 0 Å². The van der Waals surface area contributed by atoms with Gasteiger partial charge in [-0.05, 0) is 41.0 Å². The molecule has 0 spiro atoms. The van der Waals surface area contributed by atoms with Gasteiger partial charge in [-0.3, -0.25) is 4.79 Å². The number of ether oxygens (including phenoxy) is 1. The number of alkyl halides is 3. The maximum Gasteiger partial charge on any atom is 0.416 e. The molecule has 0 atom stereocenters. The van der Waals surface area contributed by atoms with Gasteiger partial charge >= 0.3 is 12.1 Å². The zero-order valence-electron chi connectivity index (χ0n) is 16.2. The van der Waals surface area contributed by atoms with Gasteiger partial charge < -0.3 is 9.84 Å². The molecule has 3 nitrogen and oxygen atoms in total. The van der Waals surface area contributed by atoms with Crippen LogP contribution in [-0.4, -0.2) is 22.9 Å². The second kappa shape index (κ2) is 8.47. The predicted molar refractivity (Wildman–Crippen MR) is 106 cm³/mol. The average molecular weight is 412 g/mol. The third kappa shape index (κ3) is 5.92. The normalized spacial score (nSPS) is 12.1. The summed E-state index contributed by atoms with van der Waals surface area (Å²) in [4.78, 5) is 11.0. The van der Waals surface area contributed by atoms with Gasteiger partial charge in [-0.2, -0.15) is 24.9 Å². The highest BCUT2D eigenvalue weighted by Crippen LogP contribution is 2.40. The number of benzene rings is 2.